The average Bonchev–Trinajstić information content (AvgIpc) is 2.29. The van der Waals surface area contributed by atoms with Crippen molar-refractivity contribution in [3.05, 3.63) is 18.5 Å². The van der Waals surface area contributed by atoms with Gasteiger partial charge in [0.25, 0.3) is 5.88 Å². The molecule has 1 rings (SSSR count). The van der Waals surface area contributed by atoms with Crippen LogP contribution in [0.1, 0.15) is 6.92 Å². The average molecular weight is 209 g/mol. The Morgan fingerprint density at radius 2 is 2.27 bits per heavy atom. The molecule has 0 radical (unpaired) electrons. The van der Waals surface area contributed by atoms with E-state index in [-0.39, 0.29) is 0 Å². The van der Waals surface area contributed by atoms with E-state index in [9.17, 15) is 0 Å². The second kappa shape index (κ2) is 5.85. The fraction of sp³-hybridized carbons (Fsp3) is 0.400. The maximum Gasteiger partial charge on any atom is 0.262 e. The van der Waals surface area contributed by atoms with Gasteiger partial charge in [-0.2, -0.15) is 4.98 Å². The van der Waals surface area contributed by atoms with Gasteiger partial charge < -0.3 is 14.8 Å². The maximum atomic E-state index is 5.41. The molecule has 0 saturated heterocycles. The normalized spacial score (nSPS) is 10.3. The molecule has 82 valence electrons. The first kappa shape index (κ1) is 11.3. The summed E-state index contributed by atoms with van der Waals surface area (Å²) in [5.74, 6) is 1.57. The minimum atomic E-state index is 0.440. The van der Waals surface area contributed by atoms with Crippen LogP contribution in [-0.2, 0) is 0 Å². The van der Waals surface area contributed by atoms with Gasteiger partial charge in [-0.1, -0.05) is 12.2 Å². The van der Waals surface area contributed by atoms with Crippen molar-refractivity contribution < 1.29 is 9.47 Å². The fourth-order valence-electron chi connectivity index (χ4n) is 1.05. The summed E-state index contributed by atoms with van der Waals surface area (Å²) < 4.78 is 10.6. The van der Waals surface area contributed by atoms with Crippen molar-refractivity contribution in [2.24, 2.45) is 0 Å². The predicted octanol–water partition coefficient (Wildman–Crippen LogP) is 1.48. The molecule has 0 unspecified atom stereocenters. The number of hydrogen-bond donors (Lipinski definition) is 1. The second-order valence-electron chi connectivity index (χ2n) is 2.69. The quantitative estimate of drug-likeness (QED) is 0.744. The Balaban J connectivity index is 2.85. The molecule has 1 N–H and O–H groups in total. The molecule has 0 spiro atoms. The van der Waals surface area contributed by atoms with Crippen LogP contribution in [0.4, 0.5) is 5.82 Å². The molecule has 1 aromatic heterocycles. The number of hydrogen-bond acceptors (Lipinski definition) is 5. The molecule has 0 aliphatic heterocycles. The molecule has 5 nitrogen and oxygen atoms in total. The first-order valence-corrected chi connectivity index (χ1v) is 4.64. The van der Waals surface area contributed by atoms with E-state index < -0.39 is 0 Å². The fourth-order valence-corrected chi connectivity index (χ4v) is 1.05. The Bertz CT molecular complexity index is 339. The Hall–Kier alpha value is -1.78. The highest BCUT2D eigenvalue weighted by molar-refractivity contribution is 5.54. The van der Waals surface area contributed by atoms with Crippen molar-refractivity contribution in [2.45, 2.75) is 6.92 Å². The van der Waals surface area contributed by atoms with E-state index in [1.54, 1.807) is 14.2 Å². The van der Waals surface area contributed by atoms with Crippen LogP contribution in [0.25, 0.3) is 0 Å². The molecule has 0 bridgehead atoms. The first-order valence-electron chi connectivity index (χ1n) is 4.64. The largest absolute Gasteiger partial charge is 0.489 e. The van der Waals surface area contributed by atoms with E-state index in [0.717, 1.165) is 0 Å². The van der Waals surface area contributed by atoms with E-state index in [2.05, 4.69) is 15.3 Å². The standard InChI is InChI=1S/C10H15N3O2/c1-4-5-6-15-10-8(14-3)9(11-2)12-7-13-10/h4-5,7H,6H2,1-3H3,(H,11,12,13)/b5-4+. The Morgan fingerprint density at radius 3 is 2.87 bits per heavy atom. The molecule has 0 aliphatic rings. The number of rotatable bonds is 5. The number of nitrogens with one attached hydrogen (secondary N) is 1. The molecule has 0 saturated carbocycles. The third-order valence-corrected chi connectivity index (χ3v) is 1.76. The van der Waals surface area contributed by atoms with Gasteiger partial charge in [-0.3, -0.25) is 0 Å². The smallest absolute Gasteiger partial charge is 0.262 e. The van der Waals surface area contributed by atoms with Crippen LogP contribution in [0.5, 0.6) is 11.6 Å². The topological polar surface area (TPSA) is 56.3 Å². The molecule has 0 fully saturated rings. The van der Waals surface area contributed by atoms with Gasteiger partial charge in [0.05, 0.1) is 7.11 Å². The number of nitrogens with zero attached hydrogens (tertiary/aromatic N) is 2. The summed E-state index contributed by atoms with van der Waals surface area (Å²) in [7, 11) is 3.32. The zero-order valence-electron chi connectivity index (χ0n) is 9.15. The Labute approximate surface area is 89.1 Å². The van der Waals surface area contributed by atoms with E-state index >= 15 is 0 Å². The van der Waals surface area contributed by atoms with E-state index in [1.165, 1.54) is 6.33 Å². The summed E-state index contributed by atoms with van der Waals surface area (Å²) >= 11 is 0. The molecule has 0 aliphatic carbocycles. The molecule has 15 heavy (non-hydrogen) atoms. The van der Waals surface area contributed by atoms with Crippen LogP contribution in [0.15, 0.2) is 18.5 Å². The minimum Gasteiger partial charge on any atom is -0.489 e. The number of methoxy groups -OCH3 is 1. The molecular formula is C10H15N3O2. The molecule has 0 aromatic carbocycles. The van der Waals surface area contributed by atoms with Crippen LogP contribution in [0, 0.1) is 0 Å². The van der Waals surface area contributed by atoms with Crippen molar-refractivity contribution in [3.8, 4) is 11.6 Å². The molecule has 1 aromatic rings. The van der Waals surface area contributed by atoms with Gasteiger partial charge in [0.1, 0.15) is 12.9 Å². The second-order valence-corrected chi connectivity index (χ2v) is 2.69. The van der Waals surface area contributed by atoms with Gasteiger partial charge in [0, 0.05) is 7.05 Å². The number of anilines is 1. The molecule has 5 heteroatoms. The van der Waals surface area contributed by atoms with Gasteiger partial charge in [0.15, 0.2) is 5.82 Å². The number of ether oxygens (including phenoxy) is 2. The summed E-state index contributed by atoms with van der Waals surface area (Å²) in [6, 6.07) is 0. The summed E-state index contributed by atoms with van der Waals surface area (Å²) in [5.41, 5.74) is 0. The van der Waals surface area contributed by atoms with Gasteiger partial charge in [0.2, 0.25) is 5.75 Å². The Morgan fingerprint density at radius 1 is 1.47 bits per heavy atom. The highest BCUT2D eigenvalue weighted by atomic mass is 16.5. The van der Waals surface area contributed by atoms with Crippen molar-refractivity contribution in [1.82, 2.24) is 9.97 Å². The minimum absolute atomic E-state index is 0.440. The van der Waals surface area contributed by atoms with E-state index in [4.69, 9.17) is 9.47 Å². The number of allylic oxidation sites excluding steroid dienone is 1. The lowest BCUT2D eigenvalue weighted by Gasteiger charge is -2.10. The molecule has 0 atom stereocenters. The lowest BCUT2D eigenvalue weighted by Crippen LogP contribution is -2.03. The third-order valence-electron chi connectivity index (χ3n) is 1.76. The van der Waals surface area contributed by atoms with Gasteiger partial charge >= 0.3 is 0 Å². The molecule has 0 amide bonds. The number of aromatic nitrogens is 2. The molecule has 1 heterocycles. The van der Waals surface area contributed by atoms with Crippen molar-refractivity contribution in [1.29, 1.82) is 0 Å². The van der Waals surface area contributed by atoms with Gasteiger partial charge in [-0.05, 0) is 6.92 Å². The van der Waals surface area contributed by atoms with Crippen LogP contribution in [0.3, 0.4) is 0 Å². The zero-order chi connectivity index (χ0) is 11.1. The highest BCUT2D eigenvalue weighted by Gasteiger charge is 2.11. The monoisotopic (exact) mass is 209 g/mol. The Kier molecular flexibility index (Phi) is 4.40. The maximum absolute atomic E-state index is 5.41. The summed E-state index contributed by atoms with van der Waals surface area (Å²) in [6.45, 7) is 2.40. The SMILES string of the molecule is C/C=C/COc1ncnc(NC)c1OC. The van der Waals surface area contributed by atoms with Crippen LogP contribution < -0.4 is 14.8 Å². The van der Waals surface area contributed by atoms with Crippen molar-refractivity contribution in [3.63, 3.8) is 0 Å². The third kappa shape index (κ3) is 2.83. The van der Waals surface area contributed by atoms with Crippen LogP contribution in [-0.4, -0.2) is 30.7 Å². The highest BCUT2D eigenvalue weighted by Crippen LogP contribution is 2.30. The van der Waals surface area contributed by atoms with Crippen LogP contribution >= 0.6 is 0 Å². The first-order chi connectivity index (χ1) is 7.33. The summed E-state index contributed by atoms with van der Waals surface area (Å²) in [4.78, 5) is 8.01. The molecular weight excluding hydrogens is 194 g/mol. The predicted molar refractivity (Wildman–Crippen MR) is 58.4 cm³/mol. The summed E-state index contributed by atoms with van der Waals surface area (Å²) in [6.07, 6.45) is 5.23. The van der Waals surface area contributed by atoms with Gasteiger partial charge in [-0.15, -0.1) is 0 Å². The van der Waals surface area contributed by atoms with Crippen molar-refractivity contribution >= 4 is 5.82 Å². The van der Waals surface area contributed by atoms with Gasteiger partial charge in [-0.25, -0.2) is 4.98 Å². The van der Waals surface area contributed by atoms with Crippen LogP contribution in [0.2, 0.25) is 0 Å². The zero-order valence-corrected chi connectivity index (χ0v) is 9.15. The lowest BCUT2D eigenvalue weighted by molar-refractivity contribution is 0.313. The van der Waals surface area contributed by atoms with E-state index in [1.807, 2.05) is 19.1 Å². The summed E-state index contributed by atoms with van der Waals surface area (Å²) in [5, 5.41) is 2.90. The van der Waals surface area contributed by atoms with E-state index in [0.29, 0.717) is 24.1 Å². The van der Waals surface area contributed by atoms with Crippen molar-refractivity contribution in [2.75, 3.05) is 26.1 Å². The lowest BCUT2D eigenvalue weighted by atomic mass is 10.5.